The molecule has 0 aromatic heterocycles. The third-order valence-electron chi connectivity index (χ3n) is 6.00. The highest BCUT2D eigenvalue weighted by molar-refractivity contribution is 7.96. The minimum atomic E-state index is -0.198. The molecular weight excluding hydrogens is 424 g/mol. The van der Waals surface area contributed by atoms with Crippen molar-refractivity contribution in [3.63, 3.8) is 0 Å². The summed E-state index contributed by atoms with van der Waals surface area (Å²) >= 11 is 1.83. The van der Waals surface area contributed by atoms with Gasteiger partial charge in [0.15, 0.2) is 0 Å². The van der Waals surface area contributed by atoms with Gasteiger partial charge in [0.05, 0.1) is 26.3 Å². The van der Waals surface area contributed by atoms with E-state index in [1.165, 1.54) is 5.56 Å². The van der Waals surface area contributed by atoms with E-state index in [0.29, 0.717) is 13.1 Å². The number of methoxy groups -OCH3 is 1. The number of hydrogen-bond donors (Lipinski definition) is 0. The van der Waals surface area contributed by atoms with Crippen LogP contribution in [0, 0.1) is 13.8 Å². The number of hydrogen-bond acceptors (Lipinski definition) is 6. The third kappa shape index (κ3) is 5.64. The molecule has 0 spiro atoms. The van der Waals surface area contributed by atoms with Crippen molar-refractivity contribution < 1.29 is 19.0 Å². The second kappa shape index (κ2) is 10.7. The summed E-state index contributed by atoms with van der Waals surface area (Å²) in [4.78, 5) is 15.0. The fraction of sp³-hybridized carbons (Fsp3) is 0.480. The van der Waals surface area contributed by atoms with Crippen molar-refractivity contribution in [2.75, 3.05) is 46.5 Å². The lowest BCUT2D eigenvalue weighted by Crippen LogP contribution is -2.32. The Bertz CT molecular complexity index is 932. The first-order valence-corrected chi connectivity index (χ1v) is 12.1. The quantitative estimate of drug-likeness (QED) is 0.592. The van der Waals surface area contributed by atoms with Gasteiger partial charge in [-0.3, -0.25) is 4.79 Å². The number of ether oxygens (including phenoxy) is 3. The topological polar surface area (TPSA) is 51.2 Å². The van der Waals surface area contributed by atoms with Gasteiger partial charge in [-0.05, 0) is 43.2 Å². The number of carbonyl (C=O) groups is 1. The lowest BCUT2D eigenvalue weighted by atomic mass is 10.0. The molecule has 0 N–H and O–H groups in total. The molecule has 2 aliphatic heterocycles. The van der Waals surface area contributed by atoms with Crippen LogP contribution in [-0.2, 0) is 15.2 Å². The van der Waals surface area contributed by atoms with E-state index in [-0.39, 0.29) is 18.1 Å². The molecule has 172 valence electrons. The van der Waals surface area contributed by atoms with Gasteiger partial charge in [-0.25, -0.2) is 4.31 Å². The molecule has 2 saturated heterocycles. The molecule has 0 radical (unpaired) electrons. The molecule has 2 heterocycles. The summed E-state index contributed by atoms with van der Waals surface area (Å²) < 4.78 is 19.8. The SMILES string of the molecule is COC1CN(C(=O)c2cc(C)ccc2C)CC1Oc1cccc(CSN2CCOCC2)c1. The van der Waals surface area contributed by atoms with Gasteiger partial charge in [-0.15, -0.1) is 0 Å². The van der Waals surface area contributed by atoms with Gasteiger partial charge >= 0.3 is 0 Å². The van der Waals surface area contributed by atoms with Crippen LogP contribution in [0.4, 0.5) is 0 Å². The average Bonchev–Trinajstić information content (AvgIpc) is 3.22. The Morgan fingerprint density at radius 1 is 1.09 bits per heavy atom. The number of rotatable bonds is 7. The van der Waals surface area contributed by atoms with Crippen LogP contribution >= 0.6 is 11.9 Å². The number of morpholine rings is 1. The second-order valence-corrected chi connectivity index (χ2v) is 9.48. The van der Waals surface area contributed by atoms with Gasteiger partial charge in [-0.1, -0.05) is 41.8 Å². The van der Waals surface area contributed by atoms with Gasteiger partial charge in [0.25, 0.3) is 5.91 Å². The Labute approximate surface area is 195 Å². The molecule has 1 amide bonds. The Morgan fingerprint density at radius 3 is 2.66 bits per heavy atom. The van der Waals surface area contributed by atoms with E-state index in [2.05, 4.69) is 16.4 Å². The van der Waals surface area contributed by atoms with Crippen LogP contribution in [0.5, 0.6) is 5.75 Å². The lowest BCUT2D eigenvalue weighted by Gasteiger charge is -2.25. The van der Waals surface area contributed by atoms with E-state index in [4.69, 9.17) is 14.2 Å². The molecule has 6 nitrogen and oxygen atoms in total. The van der Waals surface area contributed by atoms with E-state index in [1.807, 2.05) is 61.0 Å². The molecule has 0 saturated carbocycles. The van der Waals surface area contributed by atoms with Crippen LogP contribution in [-0.4, -0.2) is 73.8 Å². The summed E-state index contributed by atoms with van der Waals surface area (Å²) in [5, 5.41) is 0. The smallest absolute Gasteiger partial charge is 0.254 e. The number of carbonyl (C=O) groups excluding carboxylic acids is 1. The molecule has 2 fully saturated rings. The molecule has 2 atom stereocenters. The van der Waals surface area contributed by atoms with Crippen LogP contribution in [0.3, 0.4) is 0 Å². The van der Waals surface area contributed by atoms with E-state index in [9.17, 15) is 4.79 Å². The van der Waals surface area contributed by atoms with E-state index >= 15 is 0 Å². The molecule has 2 aromatic carbocycles. The predicted molar refractivity (Wildman–Crippen MR) is 127 cm³/mol. The maximum atomic E-state index is 13.2. The maximum absolute atomic E-state index is 13.2. The average molecular weight is 457 g/mol. The van der Waals surface area contributed by atoms with Gasteiger partial charge in [-0.2, -0.15) is 0 Å². The van der Waals surface area contributed by atoms with Crippen LogP contribution < -0.4 is 4.74 Å². The highest BCUT2D eigenvalue weighted by Crippen LogP contribution is 2.26. The number of nitrogens with zero attached hydrogens (tertiary/aromatic N) is 2. The third-order valence-corrected chi connectivity index (χ3v) is 7.19. The van der Waals surface area contributed by atoms with Gasteiger partial charge in [0, 0.05) is 31.5 Å². The molecule has 7 heteroatoms. The summed E-state index contributed by atoms with van der Waals surface area (Å²) in [6.45, 7) is 8.54. The van der Waals surface area contributed by atoms with E-state index < -0.39 is 0 Å². The van der Waals surface area contributed by atoms with Crippen molar-refractivity contribution in [3.05, 3.63) is 64.7 Å². The molecule has 0 bridgehead atoms. The molecule has 32 heavy (non-hydrogen) atoms. The van der Waals surface area contributed by atoms with Crippen LogP contribution in [0.1, 0.15) is 27.0 Å². The first-order valence-electron chi connectivity index (χ1n) is 11.1. The summed E-state index contributed by atoms with van der Waals surface area (Å²) in [5.74, 6) is 1.75. The minimum absolute atomic E-state index is 0.0370. The van der Waals surface area contributed by atoms with Crippen molar-refractivity contribution in [1.82, 2.24) is 9.21 Å². The largest absolute Gasteiger partial charge is 0.486 e. The molecule has 2 aliphatic rings. The maximum Gasteiger partial charge on any atom is 0.254 e. The molecular formula is C25H32N2O4S. The van der Waals surface area contributed by atoms with Crippen LogP contribution in [0.2, 0.25) is 0 Å². The molecule has 2 unspecified atom stereocenters. The fourth-order valence-electron chi connectivity index (χ4n) is 4.11. The Kier molecular flexibility index (Phi) is 7.73. The lowest BCUT2D eigenvalue weighted by molar-refractivity contribution is 0.0339. The van der Waals surface area contributed by atoms with Crippen molar-refractivity contribution in [2.24, 2.45) is 0 Å². The first-order chi connectivity index (χ1) is 15.5. The molecule has 2 aromatic rings. The van der Waals surface area contributed by atoms with Crippen molar-refractivity contribution in [2.45, 2.75) is 31.8 Å². The highest BCUT2D eigenvalue weighted by atomic mass is 32.2. The summed E-state index contributed by atoms with van der Waals surface area (Å²) in [6, 6.07) is 14.2. The Balaban J connectivity index is 1.39. The molecule has 0 aliphatic carbocycles. The zero-order valence-corrected chi connectivity index (χ0v) is 19.9. The normalized spacial score (nSPS) is 21.7. The first kappa shape index (κ1) is 23.1. The highest BCUT2D eigenvalue weighted by Gasteiger charge is 2.37. The van der Waals surface area contributed by atoms with Gasteiger partial charge in [0.1, 0.15) is 18.0 Å². The summed E-state index contributed by atoms with van der Waals surface area (Å²) in [7, 11) is 1.68. The van der Waals surface area contributed by atoms with Crippen LogP contribution in [0.25, 0.3) is 0 Å². The second-order valence-electron chi connectivity index (χ2n) is 8.42. The van der Waals surface area contributed by atoms with Crippen LogP contribution in [0.15, 0.2) is 42.5 Å². The van der Waals surface area contributed by atoms with E-state index in [1.54, 1.807) is 7.11 Å². The number of amides is 1. The van der Waals surface area contributed by atoms with Gasteiger partial charge < -0.3 is 19.1 Å². The van der Waals surface area contributed by atoms with Gasteiger partial charge in [0.2, 0.25) is 0 Å². The zero-order valence-electron chi connectivity index (χ0n) is 19.1. The predicted octanol–water partition coefficient (Wildman–Crippen LogP) is 3.70. The van der Waals surface area contributed by atoms with Crippen molar-refractivity contribution in [3.8, 4) is 5.75 Å². The molecule has 4 rings (SSSR count). The summed E-state index contributed by atoms with van der Waals surface area (Å²) in [5.41, 5.74) is 4.04. The number of likely N-dealkylation sites (tertiary alicyclic amines) is 1. The minimum Gasteiger partial charge on any atom is -0.486 e. The standard InChI is InChI=1S/C25H32N2O4S/c1-18-7-8-19(2)22(13-18)25(28)26-15-23(29-3)24(16-26)31-21-6-4-5-20(14-21)17-32-27-9-11-30-12-10-27/h4-8,13-14,23-24H,9-12,15-17H2,1-3H3. The Hall–Kier alpha value is -2.06. The zero-order chi connectivity index (χ0) is 22.5. The number of benzene rings is 2. The van der Waals surface area contributed by atoms with Crippen molar-refractivity contribution in [1.29, 1.82) is 0 Å². The fourth-order valence-corrected chi connectivity index (χ4v) is 5.03. The monoisotopic (exact) mass is 456 g/mol. The number of aryl methyl sites for hydroxylation is 2. The Morgan fingerprint density at radius 2 is 1.88 bits per heavy atom. The summed E-state index contributed by atoms with van der Waals surface area (Å²) in [6.07, 6.45) is -0.355. The van der Waals surface area contributed by atoms with E-state index in [0.717, 1.165) is 54.5 Å². The van der Waals surface area contributed by atoms with Crippen molar-refractivity contribution >= 4 is 17.9 Å².